The third-order valence-electron chi connectivity index (χ3n) is 5.12. The van der Waals surface area contributed by atoms with Crippen LogP contribution in [-0.2, 0) is 11.2 Å². The molecule has 1 aromatic carbocycles. The zero-order valence-corrected chi connectivity index (χ0v) is 14.5. The summed E-state index contributed by atoms with van der Waals surface area (Å²) < 4.78 is 0. The van der Waals surface area contributed by atoms with Crippen LogP contribution in [0.2, 0.25) is 0 Å². The Morgan fingerprint density at radius 2 is 1.76 bits per heavy atom. The average molecular weight is 336 g/mol. The first-order valence-corrected chi connectivity index (χ1v) is 9.08. The van der Waals surface area contributed by atoms with Crippen molar-refractivity contribution in [2.24, 2.45) is 0 Å². The highest BCUT2D eigenvalue weighted by atomic mass is 16.2. The predicted molar refractivity (Wildman–Crippen MR) is 100 cm³/mol. The maximum Gasteiger partial charge on any atom is 0.241 e. The van der Waals surface area contributed by atoms with E-state index in [9.17, 15) is 4.79 Å². The molecular formula is C20H24N4O. The zero-order valence-electron chi connectivity index (χ0n) is 14.5. The van der Waals surface area contributed by atoms with Gasteiger partial charge in [0.1, 0.15) is 5.82 Å². The van der Waals surface area contributed by atoms with Gasteiger partial charge in [-0.05, 0) is 36.6 Å². The molecule has 3 heterocycles. The maximum absolute atomic E-state index is 12.8. The number of aromatic nitrogens is 1. The van der Waals surface area contributed by atoms with E-state index >= 15 is 0 Å². The van der Waals surface area contributed by atoms with E-state index in [1.807, 2.05) is 35.4 Å². The van der Waals surface area contributed by atoms with Crippen LogP contribution < -0.4 is 9.80 Å². The number of rotatable bonds is 3. The first-order chi connectivity index (χ1) is 12.3. The number of amides is 1. The fraction of sp³-hybridized carbons (Fsp3) is 0.400. The lowest BCUT2D eigenvalue weighted by Crippen LogP contribution is -2.51. The standard InChI is InChI=1S/C20H24N4O/c25-20(24-11-5-7-17-6-1-2-8-18(17)24)16-22-12-14-23(15-13-22)19-9-3-4-10-21-19/h1-4,6,8-10H,5,7,11-16H2. The highest BCUT2D eigenvalue weighted by Gasteiger charge is 2.25. The largest absolute Gasteiger partial charge is 0.354 e. The van der Waals surface area contributed by atoms with Crippen LogP contribution in [0.25, 0.3) is 0 Å². The molecule has 2 aromatic rings. The molecule has 0 spiro atoms. The molecule has 0 bridgehead atoms. The summed E-state index contributed by atoms with van der Waals surface area (Å²) in [6, 6.07) is 14.3. The Labute approximate surface area is 148 Å². The summed E-state index contributed by atoms with van der Waals surface area (Å²) in [7, 11) is 0. The number of aryl methyl sites for hydroxylation is 1. The Morgan fingerprint density at radius 3 is 2.56 bits per heavy atom. The Balaban J connectivity index is 1.35. The number of hydrogen-bond donors (Lipinski definition) is 0. The molecule has 5 heteroatoms. The van der Waals surface area contributed by atoms with E-state index in [1.165, 1.54) is 5.56 Å². The number of nitrogens with zero attached hydrogens (tertiary/aromatic N) is 4. The van der Waals surface area contributed by atoms with Crippen molar-refractivity contribution in [3.63, 3.8) is 0 Å². The number of fused-ring (bicyclic) bond motifs is 1. The van der Waals surface area contributed by atoms with Gasteiger partial charge in [0.25, 0.3) is 0 Å². The summed E-state index contributed by atoms with van der Waals surface area (Å²) in [5, 5.41) is 0. The summed E-state index contributed by atoms with van der Waals surface area (Å²) in [6.07, 6.45) is 3.96. The van der Waals surface area contributed by atoms with Crippen molar-refractivity contribution in [3.8, 4) is 0 Å². The van der Waals surface area contributed by atoms with Crippen molar-refractivity contribution in [2.45, 2.75) is 12.8 Å². The highest BCUT2D eigenvalue weighted by Crippen LogP contribution is 2.26. The van der Waals surface area contributed by atoms with Crippen molar-refractivity contribution in [1.82, 2.24) is 9.88 Å². The summed E-state index contributed by atoms with van der Waals surface area (Å²) in [6.45, 7) is 4.98. The van der Waals surface area contributed by atoms with Crippen molar-refractivity contribution >= 4 is 17.4 Å². The van der Waals surface area contributed by atoms with Gasteiger partial charge in [-0.2, -0.15) is 0 Å². The van der Waals surface area contributed by atoms with Crippen molar-refractivity contribution in [3.05, 3.63) is 54.2 Å². The van der Waals surface area contributed by atoms with Crippen LogP contribution in [0, 0.1) is 0 Å². The minimum Gasteiger partial charge on any atom is -0.354 e. The van der Waals surface area contributed by atoms with Crippen molar-refractivity contribution in [1.29, 1.82) is 0 Å². The quantitative estimate of drug-likeness (QED) is 0.861. The zero-order chi connectivity index (χ0) is 17.1. The van der Waals surface area contributed by atoms with Crippen molar-refractivity contribution in [2.75, 3.05) is 49.1 Å². The Bertz CT molecular complexity index is 725. The van der Waals surface area contributed by atoms with E-state index in [1.54, 1.807) is 0 Å². The molecule has 1 fully saturated rings. The SMILES string of the molecule is O=C(CN1CCN(c2ccccn2)CC1)N1CCCc2ccccc21. The molecule has 1 amide bonds. The first-order valence-electron chi connectivity index (χ1n) is 9.08. The third-order valence-corrected chi connectivity index (χ3v) is 5.12. The Hall–Kier alpha value is -2.40. The van der Waals surface area contributed by atoms with Crippen LogP contribution in [0.5, 0.6) is 0 Å². The van der Waals surface area contributed by atoms with E-state index in [2.05, 4.69) is 33.0 Å². The maximum atomic E-state index is 12.8. The summed E-state index contributed by atoms with van der Waals surface area (Å²) >= 11 is 0. The second kappa shape index (κ2) is 7.23. The topological polar surface area (TPSA) is 39.7 Å². The number of para-hydroxylation sites is 1. The summed E-state index contributed by atoms with van der Waals surface area (Å²) in [5.74, 6) is 1.25. The fourth-order valence-corrected chi connectivity index (χ4v) is 3.75. The van der Waals surface area contributed by atoms with Crippen molar-refractivity contribution < 1.29 is 4.79 Å². The van der Waals surface area contributed by atoms with Crippen LogP contribution in [0.3, 0.4) is 0 Å². The monoisotopic (exact) mass is 336 g/mol. The minimum absolute atomic E-state index is 0.221. The molecule has 130 valence electrons. The molecule has 1 saturated heterocycles. The van der Waals surface area contributed by atoms with Gasteiger partial charge in [-0.15, -0.1) is 0 Å². The number of pyridine rings is 1. The van der Waals surface area contributed by atoms with E-state index in [0.29, 0.717) is 6.54 Å². The van der Waals surface area contributed by atoms with Crippen LogP contribution >= 0.6 is 0 Å². The van der Waals surface area contributed by atoms with Crippen LogP contribution in [0.1, 0.15) is 12.0 Å². The van der Waals surface area contributed by atoms with Crippen LogP contribution in [0.4, 0.5) is 11.5 Å². The lowest BCUT2D eigenvalue weighted by atomic mass is 10.0. The van der Waals surface area contributed by atoms with Gasteiger partial charge >= 0.3 is 0 Å². The second-order valence-electron chi connectivity index (χ2n) is 6.73. The van der Waals surface area contributed by atoms with Gasteiger partial charge in [0.05, 0.1) is 6.54 Å². The van der Waals surface area contributed by atoms with Gasteiger partial charge in [-0.25, -0.2) is 4.98 Å². The normalized spacial score (nSPS) is 18.1. The smallest absolute Gasteiger partial charge is 0.241 e. The van der Waals surface area contributed by atoms with Crippen LogP contribution in [-0.4, -0.2) is 55.1 Å². The molecule has 1 aromatic heterocycles. The predicted octanol–water partition coefficient (Wildman–Crippen LogP) is 2.18. The molecule has 0 atom stereocenters. The number of benzene rings is 1. The van der Waals surface area contributed by atoms with Crippen LogP contribution in [0.15, 0.2) is 48.7 Å². The minimum atomic E-state index is 0.221. The van der Waals surface area contributed by atoms with Gasteiger partial charge in [0.2, 0.25) is 5.91 Å². The lowest BCUT2D eigenvalue weighted by molar-refractivity contribution is -0.119. The molecule has 2 aliphatic heterocycles. The lowest BCUT2D eigenvalue weighted by Gasteiger charge is -2.36. The van der Waals surface area contributed by atoms with Gasteiger partial charge < -0.3 is 9.80 Å². The molecule has 0 aliphatic carbocycles. The first kappa shape index (κ1) is 16.1. The highest BCUT2D eigenvalue weighted by molar-refractivity contribution is 5.96. The second-order valence-corrected chi connectivity index (χ2v) is 6.73. The molecule has 2 aliphatic rings. The van der Waals surface area contributed by atoms with E-state index in [0.717, 1.165) is 57.1 Å². The third kappa shape index (κ3) is 3.51. The summed E-state index contributed by atoms with van der Waals surface area (Å²) in [5.41, 5.74) is 2.40. The Kier molecular flexibility index (Phi) is 4.65. The van der Waals surface area contributed by atoms with Gasteiger partial charge in [-0.3, -0.25) is 9.69 Å². The number of anilines is 2. The van der Waals surface area contributed by atoms with E-state index < -0.39 is 0 Å². The molecule has 5 nitrogen and oxygen atoms in total. The van der Waals surface area contributed by atoms with E-state index in [-0.39, 0.29) is 5.91 Å². The number of piperazine rings is 1. The number of carbonyl (C=O) groups is 1. The molecular weight excluding hydrogens is 312 g/mol. The van der Waals surface area contributed by atoms with Gasteiger partial charge in [0.15, 0.2) is 0 Å². The van der Waals surface area contributed by atoms with Gasteiger partial charge in [0, 0.05) is 44.6 Å². The molecule has 0 radical (unpaired) electrons. The number of hydrogen-bond acceptors (Lipinski definition) is 4. The fourth-order valence-electron chi connectivity index (χ4n) is 3.75. The summed E-state index contributed by atoms with van der Waals surface area (Å²) in [4.78, 5) is 23.8. The van der Waals surface area contributed by atoms with E-state index in [4.69, 9.17) is 0 Å². The molecule has 25 heavy (non-hydrogen) atoms. The van der Waals surface area contributed by atoms with Gasteiger partial charge in [-0.1, -0.05) is 24.3 Å². The Morgan fingerprint density at radius 1 is 0.960 bits per heavy atom. The average Bonchev–Trinajstić information content (AvgIpc) is 2.69. The molecule has 0 saturated carbocycles. The molecule has 4 rings (SSSR count). The molecule has 0 N–H and O–H groups in total. The molecule has 0 unspecified atom stereocenters. The number of carbonyl (C=O) groups excluding carboxylic acids is 1.